The van der Waals surface area contributed by atoms with Gasteiger partial charge in [0.15, 0.2) is 0 Å². The van der Waals surface area contributed by atoms with Crippen molar-refractivity contribution < 1.29 is 0 Å². The predicted octanol–water partition coefficient (Wildman–Crippen LogP) is -0.596. The molecule has 0 saturated heterocycles. The molecule has 0 aliphatic heterocycles. The van der Waals surface area contributed by atoms with Gasteiger partial charge in [0.2, 0.25) is 0 Å². The van der Waals surface area contributed by atoms with Crippen LogP contribution in [0.3, 0.4) is 0 Å². The van der Waals surface area contributed by atoms with E-state index in [9.17, 15) is 0 Å². The van der Waals surface area contributed by atoms with Gasteiger partial charge in [-0.15, -0.1) is 0 Å². The summed E-state index contributed by atoms with van der Waals surface area (Å²) in [7, 11) is 1.95. The fourth-order valence-corrected chi connectivity index (χ4v) is 3.22. The SMILES string of the molecule is Cn1c([Se])c([Se])sc1=S. The molecular formula is C4H3NS2Se2. The van der Waals surface area contributed by atoms with Gasteiger partial charge >= 0.3 is 79.5 Å². The molecule has 0 aliphatic carbocycles. The van der Waals surface area contributed by atoms with Gasteiger partial charge in [-0.3, -0.25) is 0 Å². The van der Waals surface area contributed by atoms with Crippen LogP contribution in [-0.2, 0) is 7.05 Å². The van der Waals surface area contributed by atoms with Crippen LogP contribution < -0.4 is 8.37 Å². The number of thiazole rings is 1. The molecule has 5 heteroatoms. The Labute approximate surface area is 79.1 Å². The van der Waals surface area contributed by atoms with Gasteiger partial charge in [0.1, 0.15) is 0 Å². The summed E-state index contributed by atoms with van der Waals surface area (Å²) in [6.45, 7) is 0. The molecule has 0 aliphatic rings. The van der Waals surface area contributed by atoms with Gasteiger partial charge in [-0.05, 0) is 0 Å². The molecule has 1 nitrogen and oxygen atoms in total. The Kier molecular flexibility index (Phi) is 2.55. The Morgan fingerprint density at radius 3 is 2.22 bits per heavy atom. The summed E-state index contributed by atoms with van der Waals surface area (Å²) in [6.07, 6.45) is 0. The average molecular weight is 287 g/mol. The van der Waals surface area contributed by atoms with E-state index in [4.69, 9.17) is 12.2 Å². The third-order valence-electron chi connectivity index (χ3n) is 0.933. The quantitative estimate of drug-likeness (QED) is 0.456. The van der Waals surface area contributed by atoms with Crippen LogP contribution in [0, 0.1) is 3.95 Å². The summed E-state index contributed by atoms with van der Waals surface area (Å²) < 4.78 is 5.09. The Balaban J connectivity index is 3.47. The van der Waals surface area contributed by atoms with Crippen LogP contribution in [0.2, 0.25) is 0 Å². The summed E-state index contributed by atoms with van der Waals surface area (Å²) in [4.78, 5) is 0. The monoisotopic (exact) mass is 289 g/mol. The first-order chi connectivity index (χ1) is 4.13. The molecule has 0 aromatic carbocycles. The van der Waals surface area contributed by atoms with Gasteiger partial charge in [0.25, 0.3) is 0 Å². The molecule has 0 N–H and O–H groups in total. The minimum absolute atomic E-state index is 0.900. The molecule has 0 spiro atoms. The molecule has 9 heavy (non-hydrogen) atoms. The Bertz CT molecular complexity index is 275. The molecule has 48 valence electrons. The van der Waals surface area contributed by atoms with Crippen molar-refractivity contribution in [3.63, 3.8) is 0 Å². The number of hydrogen-bond acceptors (Lipinski definition) is 2. The maximum atomic E-state index is 5.00. The zero-order valence-corrected chi connectivity index (χ0v) is 9.64. The first kappa shape index (κ1) is 7.99. The van der Waals surface area contributed by atoms with Crippen LogP contribution >= 0.6 is 23.6 Å². The third kappa shape index (κ3) is 1.48. The zero-order valence-electron chi connectivity index (χ0n) is 4.58. The second-order valence-corrected chi connectivity index (χ2v) is 5.41. The van der Waals surface area contributed by atoms with Gasteiger partial charge in [-0.25, -0.2) is 0 Å². The molecule has 1 rings (SSSR count). The van der Waals surface area contributed by atoms with E-state index in [1.165, 1.54) is 0 Å². The van der Waals surface area contributed by atoms with Crippen LogP contribution in [0.25, 0.3) is 0 Å². The summed E-state index contributed by atoms with van der Waals surface area (Å²) in [5.41, 5.74) is 0. The van der Waals surface area contributed by atoms with Crippen molar-refractivity contribution in [2.24, 2.45) is 7.05 Å². The summed E-state index contributed by atoms with van der Waals surface area (Å²) in [6, 6.07) is 0. The van der Waals surface area contributed by atoms with E-state index >= 15 is 0 Å². The van der Waals surface area contributed by atoms with Gasteiger partial charge in [0, 0.05) is 0 Å². The fraction of sp³-hybridized carbons (Fsp3) is 0.250. The molecule has 0 saturated carbocycles. The second kappa shape index (κ2) is 2.87. The Morgan fingerprint density at radius 2 is 2.11 bits per heavy atom. The van der Waals surface area contributed by atoms with Crippen molar-refractivity contribution in [2.75, 3.05) is 0 Å². The van der Waals surface area contributed by atoms with E-state index in [1.807, 2.05) is 11.6 Å². The standard InChI is InChI=1S/C4H3NS2Se2/c1-5-2(8)3(9)7-4(5)6/h1H3. The minimum atomic E-state index is 0.900. The average Bonchev–Trinajstić information content (AvgIpc) is 1.98. The molecule has 1 aromatic rings. The molecule has 0 fully saturated rings. The van der Waals surface area contributed by atoms with E-state index in [2.05, 4.69) is 32.0 Å². The van der Waals surface area contributed by atoms with Crippen molar-refractivity contribution in [3.05, 3.63) is 3.95 Å². The van der Waals surface area contributed by atoms with E-state index < -0.39 is 0 Å². The van der Waals surface area contributed by atoms with Crippen LogP contribution in [0.15, 0.2) is 0 Å². The summed E-state index contributed by atoms with van der Waals surface area (Å²) >= 11 is 12.5. The number of hydrogen-bond donors (Lipinski definition) is 0. The van der Waals surface area contributed by atoms with Crippen LogP contribution in [-0.4, -0.2) is 36.6 Å². The van der Waals surface area contributed by atoms with Crippen LogP contribution in [0.5, 0.6) is 0 Å². The van der Waals surface area contributed by atoms with Gasteiger partial charge in [-0.2, -0.15) is 0 Å². The van der Waals surface area contributed by atoms with Gasteiger partial charge in [0.05, 0.1) is 0 Å². The summed E-state index contributed by atoms with van der Waals surface area (Å²) in [5, 5.41) is 0. The fourth-order valence-electron chi connectivity index (χ4n) is 0.411. The van der Waals surface area contributed by atoms with Crippen LogP contribution in [0.4, 0.5) is 0 Å². The van der Waals surface area contributed by atoms with Crippen molar-refractivity contribution in [2.45, 2.75) is 0 Å². The van der Waals surface area contributed by atoms with Crippen molar-refractivity contribution in [3.8, 4) is 0 Å². The van der Waals surface area contributed by atoms with Gasteiger partial charge in [-0.1, -0.05) is 0 Å². The zero-order chi connectivity index (χ0) is 7.02. The Hall–Kier alpha value is 0.889. The number of rotatable bonds is 0. The summed E-state index contributed by atoms with van der Waals surface area (Å²) in [5.74, 6) is 0. The molecule has 0 bridgehead atoms. The molecule has 1 heterocycles. The van der Waals surface area contributed by atoms with E-state index in [1.54, 1.807) is 11.3 Å². The van der Waals surface area contributed by atoms with Crippen molar-refractivity contribution in [1.82, 2.24) is 4.57 Å². The maximum absolute atomic E-state index is 5.00. The predicted molar refractivity (Wildman–Crippen MR) is 44.9 cm³/mol. The first-order valence-electron chi connectivity index (χ1n) is 2.17. The van der Waals surface area contributed by atoms with E-state index in [0.717, 1.165) is 12.3 Å². The molecule has 2 radical (unpaired) electrons. The first-order valence-corrected chi connectivity index (χ1v) is 5.10. The number of nitrogens with zero attached hydrogens (tertiary/aromatic N) is 1. The van der Waals surface area contributed by atoms with E-state index in [0.29, 0.717) is 0 Å². The molecule has 0 atom stereocenters. The number of aromatic nitrogens is 1. The van der Waals surface area contributed by atoms with Gasteiger partial charge < -0.3 is 0 Å². The van der Waals surface area contributed by atoms with Crippen molar-refractivity contribution >= 4 is 63.9 Å². The van der Waals surface area contributed by atoms with E-state index in [-0.39, 0.29) is 0 Å². The molecule has 0 amide bonds. The second-order valence-electron chi connectivity index (χ2n) is 1.52. The molecular weight excluding hydrogens is 284 g/mol. The third-order valence-corrected chi connectivity index (χ3v) is 5.16. The Morgan fingerprint density at radius 1 is 1.56 bits per heavy atom. The normalized spacial score (nSPS) is 9.89. The topological polar surface area (TPSA) is 4.93 Å². The van der Waals surface area contributed by atoms with Crippen molar-refractivity contribution in [1.29, 1.82) is 0 Å². The molecule has 0 unspecified atom stereocenters. The van der Waals surface area contributed by atoms with Crippen LogP contribution in [0.1, 0.15) is 0 Å². The molecule has 1 aromatic heterocycles.